The van der Waals surface area contributed by atoms with Crippen LogP contribution < -0.4 is 5.73 Å². The van der Waals surface area contributed by atoms with Gasteiger partial charge in [-0.05, 0) is 54.2 Å². The van der Waals surface area contributed by atoms with Crippen molar-refractivity contribution >= 4 is 21.8 Å². The molecule has 0 aliphatic carbocycles. The molecule has 0 spiro atoms. The summed E-state index contributed by atoms with van der Waals surface area (Å²) in [6.07, 6.45) is 4.07. The third-order valence-electron chi connectivity index (χ3n) is 3.76. The first kappa shape index (κ1) is 13.6. The van der Waals surface area contributed by atoms with Gasteiger partial charge in [0.05, 0.1) is 0 Å². The third kappa shape index (κ3) is 2.62. The number of nitrogens with zero attached hydrogens (tertiary/aromatic N) is 2. The molecule has 100 valence electrons. The van der Waals surface area contributed by atoms with Gasteiger partial charge < -0.3 is 15.2 Å². The summed E-state index contributed by atoms with van der Waals surface area (Å²) in [4.78, 5) is 14.5. The number of carbonyl (C=O) groups is 1. The lowest BCUT2D eigenvalue weighted by atomic mass is 9.93. The summed E-state index contributed by atoms with van der Waals surface area (Å²) < 4.78 is 2.80. The van der Waals surface area contributed by atoms with Crippen molar-refractivity contribution in [3.63, 3.8) is 0 Å². The van der Waals surface area contributed by atoms with Crippen LogP contribution in [-0.4, -0.2) is 34.5 Å². The molecule has 18 heavy (non-hydrogen) atoms. The van der Waals surface area contributed by atoms with E-state index in [1.807, 2.05) is 28.8 Å². The summed E-state index contributed by atoms with van der Waals surface area (Å²) in [6, 6.07) is 2.18. The van der Waals surface area contributed by atoms with E-state index in [-0.39, 0.29) is 5.91 Å². The minimum Gasteiger partial charge on any atom is -0.345 e. The molecule has 2 rings (SSSR count). The summed E-state index contributed by atoms with van der Waals surface area (Å²) in [7, 11) is 1.90. The Morgan fingerprint density at radius 1 is 1.56 bits per heavy atom. The number of aryl methyl sites for hydroxylation is 1. The molecule has 0 bridgehead atoms. The van der Waals surface area contributed by atoms with Gasteiger partial charge in [0.1, 0.15) is 5.69 Å². The fourth-order valence-corrected chi connectivity index (χ4v) is 3.07. The largest absolute Gasteiger partial charge is 0.345 e. The monoisotopic (exact) mass is 313 g/mol. The second kappa shape index (κ2) is 5.45. The first-order valence-electron chi connectivity index (χ1n) is 6.35. The lowest BCUT2D eigenvalue weighted by Gasteiger charge is -2.37. The van der Waals surface area contributed by atoms with E-state index >= 15 is 0 Å². The van der Waals surface area contributed by atoms with E-state index < -0.39 is 0 Å². The van der Waals surface area contributed by atoms with Crippen LogP contribution in [-0.2, 0) is 7.05 Å². The molecule has 0 aromatic carbocycles. The fraction of sp³-hybridized carbons (Fsp3) is 0.615. The number of aromatic nitrogens is 1. The topological polar surface area (TPSA) is 51.3 Å². The van der Waals surface area contributed by atoms with Crippen molar-refractivity contribution in [1.29, 1.82) is 0 Å². The lowest BCUT2D eigenvalue weighted by molar-refractivity contribution is 0.0557. The predicted molar refractivity (Wildman–Crippen MR) is 75.4 cm³/mol. The third-order valence-corrected chi connectivity index (χ3v) is 4.20. The van der Waals surface area contributed by atoms with Crippen LogP contribution in [0.3, 0.4) is 0 Å². The minimum absolute atomic E-state index is 0.105. The van der Waals surface area contributed by atoms with Crippen LogP contribution in [0.4, 0.5) is 0 Å². The van der Waals surface area contributed by atoms with E-state index in [9.17, 15) is 4.79 Å². The number of halogens is 1. The molecule has 0 saturated carbocycles. The number of nitrogens with two attached hydrogens (primary N) is 1. The van der Waals surface area contributed by atoms with E-state index in [2.05, 4.69) is 22.9 Å². The van der Waals surface area contributed by atoms with Crippen molar-refractivity contribution < 1.29 is 4.79 Å². The second-order valence-corrected chi connectivity index (χ2v) is 6.06. The van der Waals surface area contributed by atoms with E-state index in [0.717, 1.165) is 29.6 Å². The number of hydrogen-bond acceptors (Lipinski definition) is 2. The Morgan fingerprint density at radius 3 is 2.83 bits per heavy atom. The zero-order chi connectivity index (χ0) is 13.3. The SMILES string of the molecule is CC1CCC(CN)CN1C(=O)c1cc(Br)cn1C. The van der Waals surface area contributed by atoms with Crippen LogP contribution in [0.5, 0.6) is 0 Å². The van der Waals surface area contributed by atoms with Crippen molar-refractivity contribution in [3.8, 4) is 0 Å². The Labute approximate surface area is 116 Å². The Bertz CT molecular complexity index is 443. The van der Waals surface area contributed by atoms with E-state index in [1.54, 1.807) is 0 Å². The van der Waals surface area contributed by atoms with Gasteiger partial charge in [0, 0.05) is 30.3 Å². The van der Waals surface area contributed by atoms with Crippen molar-refractivity contribution in [2.75, 3.05) is 13.1 Å². The first-order chi connectivity index (χ1) is 8.52. The number of piperidine rings is 1. The Kier molecular flexibility index (Phi) is 4.12. The molecule has 2 N–H and O–H groups in total. The van der Waals surface area contributed by atoms with E-state index in [4.69, 9.17) is 5.73 Å². The van der Waals surface area contributed by atoms with Gasteiger partial charge in [-0.15, -0.1) is 0 Å². The van der Waals surface area contributed by atoms with Crippen LogP contribution in [0.25, 0.3) is 0 Å². The van der Waals surface area contributed by atoms with Gasteiger partial charge in [-0.25, -0.2) is 0 Å². The molecule has 1 saturated heterocycles. The van der Waals surface area contributed by atoms with Crippen LogP contribution in [0.15, 0.2) is 16.7 Å². The molecule has 1 aliphatic heterocycles. The Balaban J connectivity index is 2.19. The predicted octanol–water partition coefficient (Wildman–Crippen LogP) is 1.99. The fourth-order valence-electron chi connectivity index (χ4n) is 2.54. The molecule has 1 aromatic heterocycles. The van der Waals surface area contributed by atoms with Gasteiger partial charge >= 0.3 is 0 Å². The molecule has 1 aliphatic rings. The Hall–Kier alpha value is -0.810. The number of amides is 1. The van der Waals surface area contributed by atoms with Gasteiger partial charge in [0.25, 0.3) is 5.91 Å². The molecular weight excluding hydrogens is 294 g/mol. The van der Waals surface area contributed by atoms with E-state index in [1.165, 1.54) is 0 Å². The standard InChI is InChI=1S/C13H20BrN3O/c1-9-3-4-10(6-15)7-17(9)13(18)12-5-11(14)8-16(12)2/h5,8-10H,3-4,6-7,15H2,1-2H3. The molecule has 2 atom stereocenters. The van der Waals surface area contributed by atoms with Crippen molar-refractivity contribution in [2.45, 2.75) is 25.8 Å². The highest BCUT2D eigenvalue weighted by molar-refractivity contribution is 9.10. The number of likely N-dealkylation sites (tertiary alicyclic amines) is 1. The van der Waals surface area contributed by atoms with Crippen molar-refractivity contribution in [1.82, 2.24) is 9.47 Å². The van der Waals surface area contributed by atoms with Gasteiger partial charge in [0.2, 0.25) is 0 Å². The lowest BCUT2D eigenvalue weighted by Crippen LogP contribution is -2.47. The van der Waals surface area contributed by atoms with Crippen LogP contribution in [0.1, 0.15) is 30.3 Å². The molecule has 2 heterocycles. The molecule has 1 aromatic rings. The molecular formula is C13H20BrN3O. The summed E-state index contributed by atoms with van der Waals surface area (Å²) in [5, 5.41) is 0. The summed E-state index contributed by atoms with van der Waals surface area (Å²) in [5.41, 5.74) is 6.46. The first-order valence-corrected chi connectivity index (χ1v) is 7.15. The molecule has 1 amide bonds. The van der Waals surface area contributed by atoms with Crippen LogP contribution in [0, 0.1) is 5.92 Å². The summed E-state index contributed by atoms with van der Waals surface area (Å²) >= 11 is 3.40. The maximum Gasteiger partial charge on any atom is 0.270 e. The molecule has 5 heteroatoms. The van der Waals surface area contributed by atoms with Crippen LogP contribution in [0.2, 0.25) is 0 Å². The summed E-state index contributed by atoms with van der Waals surface area (Å²) in [5.74, 6) is 0.544. The van der Waals surface area contributed by atoms with Crippen molar-refractivity contribution in [2.24, 2.45) is 18.7 Å². The van der Waals surface area contributed by atoms with Gasteiger partial charge in [-0.1, -0.05) is 0 Å². The van der Waals surface area contributed by atoms with Crippen LogP contribution >= 0.6 is 15.9 Å². The molecule has 2 unspecified atom stereocenters. The number of carbonyl (C=O) groups excluding carboxylic acids is 1. The zero-order valence-corrected chi connectivity index (χ0v) is 12.5. The van der Waals surface area contributed by atoms with E-state index in [0.29, 0.717) is 18.5 Å². The maximum absolute atomic E-state index is 12.5. The zero-order valence-electron chi connectivity index (χ0n) is 10.9. The highest BCUT2D eigenvalue weighted by Gasteiger charge is 2.30. The number of hydrogen-bond donors (Lipinski definition) is 1. The second-order valence-electron chi connectivity index (χ2n) is 5.14. The maximum atomic E-state index is 12.5. The normalized spacial score (nSPS) is 24.3. The molecule has 4 nitrogen and oxygen atoms in total. The molecule has 0 radical (unpaired) electrons. The summed E-state index contributed by atoms with van der Waals surface area (Å²) in [6.45, 7) is 3.55. The number of rotatable bonds is 2. The minimum atomic E-state index is 0.105. The average Bonchev–Trinajstić information content (AvgIpc) is 2.68. The molecule has 1 fully saturated rings. The Morgan fingerprint density at radius 2 is 2.28 bits per heavy atom. The van der Waals surface area contributed by atoms with Gasteiger partial charge in [-0.3, -0.25) is 4.79 Å². The highest BCUT2D eigenvalue weighted by Crippen LogP contribution is 2.24. The average molecular weight is 314 g/mol. The highest BCUT2D eigenvalue weighted by atomic mass is 79.9. The quantitative estimate of drug-likeness (QED) is 0.907. The van der Waals surface area contributed by atoms with Crippen molar-refractivity contribution in [3.05, 3.63) is 22.4 Å². The smallest absolute Gasteiger partial charge is 0.270 e. The van der Waals surface area contributed by atoms with Gasteiger partial charge in [-0.2, -0.15) is 0 Å². The van der Waals surface area contributed by atoms with Gasteiger partial charge in [0.15, 0.2) is 0 Å².